The summed E-state index contributed by atoms with van der Waals surface area (Å²) >= 11 is 1.40. The average Bonchev–Trinajstić information content (AvgIpc) is 2.67. The maximum absolute atomic E-state index is 12.6. The molecule has 1 aliphatic carbocycles. The predicted molar refractivity (Wildman–Crippen MR) is 70.5 cm³/mol. The molecule has 19 heavy (non-hydrogen) atoms. The lowest BCUT2D eigenvalue weighted by molar-refractivity contribution is -0.137. The number of nitrogens with one attached hydrogen (secondary N) is 1. The molecule has 0 radical (unpaired) electrons. The van der Waals surface area contributed by atoms with Gasteiger partial charge in [0.15, 0.2) is 5.13 Å². The van der Waals surface area contributed by atoms with Crippen molar-refractivity contribution in [3.8, 4) is 0 Å². The van der Waals surface area contributed by atoms with Crippen LogP contribution in [0.5, 0.6) is 0 Å². The summed E-state index contributed by atoms with van der Waals surface area (Å²) in [5, 5.41) is 3.93. The van der Waals surface area contributed by atoms with Crippen LogP contribution in [0.3, 0.4) is 0 Å². The van der Waals surface area contributed by atoms with Crippen molar-refractivity contribution in [2.45, 2.75) is 25.4 Å². The SMILES string of the molecule is FC(F)(F)c1ccc2sc(NCC3CCC3)nc2c1. The Kier molecular flexibility index (Phi) is 3.12. The Labute approximate surface area is 112 Å². The standard InChI is InChI=1S/C13H13F3N2S/c14-13(15,16)9-4-5-11-10(6-9)18-12(19-11)17-7-8-2-1-3-8/h4-6,8H,1-3,7H2,(H,17,18). The minimum Gasteiger partial charge on any atom is -0.361 e. The number of alkyl halides is 3. The summed E-state index contributed by atoms with van der Waals surface area (Å²) in [5.41, 5.74) is -0.230. The smallest absolute Gasteiger partial charge is 0.361 e. The average molecular weight is 286 g/mol. The molecule has 0 unspecified atom stereocenters. The van der Waals surface area contributed by atoms with E-state index in [-0.39, 0.29) is 0 Å². The lowest BCUT2D eigenvalue weighted by Gasteiger charge is -2.25. The van der Waals surface area contributed by atoms with Crippen molar-refractivity contribution in [2.24, 2.45) is 5.92 Å². The fourth-order valence-electron chi connectivity index (χ4n) is 2.11. The van der Waals surface area contributed by atoms with E-state index in [2.05, 4.69) is 10.3 Å². The van der Waals surface area contributed by atoms with Gasteiger partial charge in [-0.15, -0.1) is 0 Å². The summed E-state index contributed by atoms with van der Waals surface area (Å²) in [6.45, 7) is 0.867. The molecular weight excluding hydrogens is 273 g/mol. The number of fused-ring (bicyclic) bond motifs is 1. The molecule has 0 atom stereocenters. The van der Waals surface area contributed by atoms with E-state index in [1.165, 1.54) is 36.7 Å². The molecule has 2 aromatic rings. The van der Waals surface area contributed by atoms with Crippen LogP contribution in [0.2, 0.25) is 0 Å². The van der Waals surface area contributed by atoms with Crippen molar-refractivity contribution in [3.05, 3.63) is 23.8 Å². The molecule has 3 rings (SSSR count). The number of nitrogens with zero attached hydrogens (tertiary/aromatic N) is 1. The monoisotopic (exact) mass is 286 g/mol. The molecule has 1 heterocycles. The highest BCUT2D eigenvalue weighted by molar-refractivity contribution is 7.22. The Morgan fingerprint density at radius 3 is 2.74 bits per heavy atom. The maximum atomic E-state index is 12.6. The summed E-state index contributed by atoms with van der Waals surface area (Å²) in [4.78, 5) is 4.22. The van der Waals surface area contributed by atoms with Gasteiger partial charge >= 0.3 is 6.18 Å². The topological polar surface area (TPSA) is 24.9 Å². The third kappa shape index (κ3) is 2.68. The van der Waals surface area contributed by atoms with Gasteiger partial charge in [-0.25, -0.2) is 4.98 Å². The van der Waals surface area contributed by atoms with Crippen LogP contribution in [-0.4, -0.2) is 11.5 Å². The fourth-order valence-corrected chi connectivity index (χ4v) is 2.96. The van der Waals surface area contributed by atoms with E-state index in [0.29, 0.717) is 16.6 Å². The minimum atomic E-state index is -4.31. The van der Waals surface area contributed by atoms with Gasteiger partial charge in [-0.05, 0) is 37.0 Å². The number of hydrogen-bond acceptors (Lipinski definition) is 3. The zero-order valence-electron chi connectivity index (χ0n) is 10.1. The van der Waals surface area contributed by atoms with Crippen LogP contribution >= 0.6 is 11.3 Å². The molecule has 1 fully saturated rings. The summed E-state index contributed by atoms with van der Waals surface area (Å²) in [5.74, 6) is 0.692. The van der Waals surface area contributed by atoms with Crippen LogP contribution in [0.1, 0.15) is 24.8 Å². The first-order valence-corrected chi connectivity index (χ1v) is 7.06. The molecule has 0 aliphatic heterocycles. The Morgan fingerprint density at radius 1 is 1.32 bits per heavy atom. The number of rotatable bonds is 3. The zero-order valence-corrected chi connectivity index (χ0v) is 10.9. The molecule has 6 heteroatoms. The van der Waals surface area contributed by atoms with E-state index < -0.39 is 11.7 Å². The van der Waals surface area contributed by atoms with E-state index in [1.54, 1.807) is 0 Å². The van der Waals surface area contributed by atoms with Crippen molar-refractivity contribution in [3.63, 3.8) is 0 Å². The van der Waals surface area contributed by atoms with Gasteiger partial charge < -0.3 is 5.32 Å². The quantitative estimate of drug-likeness (QED) is 0.896. The van der Waals surface area contributed by atoms with Gasteiger partial charge in [0.1, 0.15) is 0 Å². The van der Waals surface area contributed by atoms with Crippen LogP contribution in [0.15, 0.2) is 18.2 Å². The van der Waals surface area contributed by atoms with E-state index in [1.807, 2.05) is 0 Å². The fraction of sp³-hybridized carbons (Fsp3) is 0.462. The Bertz CT molecular complexity index is 587. The van der Waals surface area contributed by atoms with E-state index in [0.717, 1.165) is 23.4 Å². The second kappa shape index (κ2) is 4.67. The van der Waals surface area contributed by atoms with Crippen LogP contribution < -0.4 is 5.32 Å². The molecule has 1 aliphatic rings. The van der Waals surface area contributed by atoms with Gasteiger partial charge in [-0.3, -0.25) is 0 Å². The summed E-state index contributed by atoms with van der Waals surface area (Å²) in [6, 6.07) is 3.71. The molecule has 0 spiro atoms. The highest BCUT2D eigenvalue weighted by Gasteiger charge is 2.30. The zero-order chi connectivity index (χ0) is 13.5. The Balaban J connectivity index is 1.79. The molecule has 2 nitrogen and oxygen atoms in total. The largest absolute Gasteiger partial charge is 0.416 e. The van der Waals surface area contributed by atoms with Crippen LogP contribution in [-0.2, 0) is 6.18 Å². The minimum absolute atomic E-state index is 0.413. The molecular formula is C13H13F3N2S. The third-order valence-corrected chi connectivity index (χ3v) is 4.48. The van der Waals surface area contributed by atoms with Gasteiger partial charge in [0, 0.05) is 6.54 Å². The molecule has 1 aromatic carbocycles. The van der Waals surface area contributed by atoms with Crippen molar-refractivity contribution in [1.29, 1.82) is 0 Å². The first kappa shape index (κ1) is 12.7. The Morgan fingerprint density at radius 2 is 2.11 bits per heavy atom. The van der Waals surface area contributed by atoms with Crippen molar-refractivity contribution >= 4 is 26.7 Å². The van der Waals surface area contributed by atoms with Crippen LogP contribution in [0, 0.1) is 5.92 Å². The van der Waals surface area contributed by atoms with Crippen LogP contribution in [0.4, 0.5) is 18.3 Å². The van der Waals surface area contributed by atoms with Crippen molar-refractivity contribution < 1.29 is 13.2 Å². The van der Waals surface area contributed by atoms with Crippen molar-refractivity contribution in [2.75, 3.05) is 11.9 Å². The number of anilines is 1. The van der Waals surface area contributed by atoms with Gasteiger partial charge in [-0.2, -0.15) is 13.2 Å². The molecule has 1 saturated carbocycles. The normalized spacial score (nSPS) is 16.6. The van der Waals surface area contributed by atoms with Gasteiger partial charge in [0.2, 0.25) is 0 Å². The van der Waals surface area contributed by atoms with Crippen molar-refractivity contribution in [1.82, 2.24) is 4.98 Å². The number of thiazole rings is 1. The molecule has 0 bridgehead atoms. The summed E-state index contributed by atoms with van der Waals surface area (Å²) < 4.78 is 38.6. The van der Waals surface area contributed by atoms with Gasteiger partial charge in [0.25, 0.3) is 0 Å². The van der Waals surface area contributed by atoms with Crippen LogP contribution in [0.25, 0.3) is 10.2 Å². The van der Waals surface area contributed by atoms with Gasteiger partial charge in [0.05, 0.1) is 15.8 Å². The van der Waals surface area contributed by atoms with Gasteiger partial charge in [-0.1, -0.05) is 17.8 Å². The first-order valence-electron chi connectivity index (χ1n) is 6.24. The highest BCUT2D eigenvalue weighted by atomic mass is 32.1. The van der Waals surface area contributed by atoms with E-state index >= 15 is 0 Å². The van der Waals surface area contributed by atoms with E-state index in [4.69, 9.17) is 0 Å². The number of benzene rings is 1. The maximum Gasteiger partial charge on any atom is 0.416 e. The predicted octanol–water partition coefficient (Wildman–Crippen LogP) is 4.53. The second-order valence-corrected chi connectivity index (χ2v) is 5.91. The number of aromatic nitrogens is 1. The Hall–Kier alpha value is -1.30. The van der Waals surface area contributed by atoms with E-state index in [9.17, 15) is 13.2 Å². The second-order valence-electron chi connectivity index (χ2n) is 4.88. The number of halogens is 3. The molecule has 0 amide bonds. The molecule has 1 aromatic heterocycles. The molecule has 102 valence electrons. The first-order chi connectivity index (χ1) is 9.02. The molecule has 1 N–H and O–H groups in total. The number of hydrogen-bond donors (Lipinski definition) is 1. The highest BCUT2D eigenvalue weighted by Crippen LogP contribution is 2.34. The third-order valence-electron chi connectivity index (χ3n) is 3.48. The lowest BCUT2D eigenvalue weighted by Crippen LogP contribution is -2.20. The summed E-state index contributed by atoms with van der Waals surface area (Å²) in [7, 11) is 0. The molecule has 0 saturated heterocycles. The summed E-state index contributed by atoms with van der Waals surface area (Å²) in [6.07, 6.45) is -0.565. The lowest BCUT2D eigenvalue weighted by atomic mass is 9.86.